The summed E-state index contributed by atoms with van der Waals surface area (Å²) in [6.45, 7) is 2.19. The molecule has 3 aromatic rings. The summed E-state index contributed by atoms with van der Waals surface area (Å²) in [7, 11) is 2.16. The first-order valence-electron chi connectivity index (χ1n) is 10.8. The highest BCUT2D eigenvalue weighted by molar-refractivity contribution is 5.77. The number of rotatable bonds is 4. The van der Waals surface area contributed by atoms with Crippen LogP contribution < -0.4 is 10.6 Å². The Morgan fingerprint density at radius 1 is 1.16 bits per heavy atom. The molecule has 1 aliphatic carbocycles. The van der Waals surface area contributed by atoms with Gasteiger partial charge in [-0.25, -0.2) is 4.98 Å². The van der Waals surface area contributed by atoms with Crippen molar-refractivity contribution < 1.29 is 0 Å². The number of aromatic nitrogens is 7. The van der Waals surface area contributed by atoms with E-state index in [1.54, 1.807) is 10.9 Å². The number of likely N-dealkylation sites (tertiary alicyclic amines) is 1. The summed E-state index contributed by atoms with van der Waals surface area (Å²) >= 11 is 0. The Morgan fingerprint density at radius 2 is 2.06 bits per heavy atom. The van der Waals surface area contributed by atoms with E-state index in [1.165, 1.54) is 5.57 Å². The van der Waals surface area contributed by atoms with Crippen LogP contribution in [0.4, 0.5) is 11.6 Å². The van der Waals surface area contributed by atoms with Gasteiger partial charge in [-0.3, -0.25) is 4.68 Å². The molecule has 3 aromatic heterocycles. The molecule has 1 unspecified atom stereocenters. The molecule has 0 amide bonds. The molecule has 1 fully saturated rings. The Labute approximate surface area is 185 Å². The van der Waals surface area contributed by atoms with E-state index >= 15 is 0 Å². The molecule has 0 bridgehead atoms. The van der Waals surface area contributed by atoms with E-state index in [4.69, 9.17) is 0 Å². The highest BCUT2D eigenvalue weighted by Crippen LogP contribution is 2.25. The van der Waals surface area contributed by atoms with Gasteiger partial charge in [0.2, 0.25) is 5.95 Å². The molecular weight excluding hydrogens is 404 g/mol. The van der Waals surface area contributed by atoms with E-state index in [2.05, 4.69) is 66.2 Å². The number of fused-ring (bicyclic) bond motifs is 2. The van der Waals surface area contributed by atoms with Gasteiger partial charge in [0.15, 0.2) is 11.2 Å². The van der Waals surface area contributed by atoms with E-state index in [0.29, 0.717) is 23.2 Å². The molecular formula is C22H24N10. The molecule has 0 radical (unpaired) electrons. The van der Waals surface area contributed by atoms with Crippen LogP contribution in [0.25, 0.3) is 16.9 Å². The van der Waals surface area contributed by atoms with Crippen LogP contribution in [0.2, 0.25) is 0 Å². The summed E-state index contributed by atoms with van der Waals surface area (Å²) in [6.07, 6.45) is 20.1. The van der Waals surface area contributed by atoms with Crippen molar-refractivity contribution in [1.82, 2.24) is 45.0 Å². The van der Waals surface area contributed by atoms with Gasteiger partial charge in [-0.2, -0.15) is 14.8 Å². The van der Waals surface area contributed by atoms with Crippen molar-refractivity contribution in [2.45, 2.75) is 24.9 Å². The summed E-state index contributed by atoms with van der Waals surface area (Å²) in [6, 6.07) is 0.619. The average molecular weight is 429 g/mol. The Kier molecular flexibility index (Phi) is 4.57. The fourth-order valence-corrected chi connectivity index (χ4v) is 4.31. The largest absolute Gasteiger partial charge is 0.379 e. The number of dihydropyridines is 1. The predicted octanol–water partition coefficient (Wildman–Crippen LogP) is 2.25. The monoisotopic (exact) mass is 428 g/mol. The number of nitrogens with zero attached hydrogens (tertiary/aromatic N) is 8. The molecule has 2 N–H and O–H groups in total. The molecule has 2 aliphatic heterocycles. The van der Waals surface area contributed by atoms with E-state index in [-0.39, 0.29) is 6.04 Å². The molecule has 3 aliphatic rings. The van der Waals surface area contributed by atoms with Crippen LogP contribution in [0.1, 0.15) is 18.9 Å². The lowest BCUT2D eigenvalue weighted by molar-refractivity contribution is 0.212. The molecule has 162 valence electrons. The van der Waals surface area contributed by atoms with Gasteiger partial charge in [0, 0.05) is 12.4 Å². The molecule has 10 heteroatoms. The highest BCUT2D eigenvalue weighted by Gasteiger charge is 2.20. The van der Waals surface area contributed by atoms with Crippen molar-refractivity contribution >= 4 is 28.5 Å². The molecule has 1 atom stereocenters. The maximum Gasteiger partial charge on any atom is 0.229 e. The van der Waals surface area contributed by atoms with Crippen LogP contribution >= 0.6 is 0 Å². The molecule has 6 rings (SSSR count). The van der Waals surface area contributed by atoms with Crippen molar-refractivity contribution in [3.63, 3.8) is 0 Å². The number of piperidine rings is 1. The third kappa shape index (κ3) is 3.48. The van der Waals surface area contributed by atoms with Crippen LogP contribution in [0.15, 0.2) is 60.7 Å². The second-order valence-electron chi connectivity index (χ2n) is 8.37. The van der Waals surface area contributed by atoms with Gasteiger partial charge in [0.05, 0.1) is 35.9 Å². The lowest BCUT2D eigenvalue weighted by Crippen LogP contribution is -2.31. The number of anilines is 2. The Balaban J connectivity index is 1.24. The minimum atomic E-state index is 0.187. The second kappa shape index (κ2) is 7.72. The van der Waals surface area contributed by atoms with E-state index in [1.807, 2.05) is 35.4 Å². The molecule has 0 aromatic carbocycles. The summed E-state index contributed by atoms with van der Waals surface area (Å²) in [4.78, 5) is 11.4. The standard InChI is InChI=1S/C22H24N10/c1-30-8-6-17(7-9-30)31-14-16(11-25-31)26-22-24-13-20-21(27-22)32(29-28-20)18-10-15-4-2-3-5-19(15)23-12-18/h2-5,10-14,17,19,23H,6-9H2,1H3,(H,24,26,27). The van der Waals surface area contributed by atoms with Crippen molar-refractivity contribution in [2.75, 3.05) is 25.5 Å². The Bertz CT molecular complexity index is 1270. The van der Waals surface area contributed by atoms with Crippen LogP contribution in [0.3, 0.4) is 0 Å². The van der Waals surface area contributed by atoms with Gasteiger partial charge in [0.1, 0.15) is 0 Å². The summed E-state index contributed by atoms with van der Waals surface area (Å²) in [5, 5.41) is 19.7. The quantitative estimate of drug-likeness (QED) is 0.653. The predicted molar refractivity (Wildman–Crippen MR) is 122 cm³/mol. The first-order chi connectivity index (χ1) is 15.7. The van der Waals surface area contributed by atoms with E-state index < -0.39 is 0 Å². The highest BCUT2D eigenvalue weighted by atomic mass is 15.5. The SMILES string of the molecule is CN1CCC(n2cc(Nc3ncc4nnn(C5=CNC6C=CC=CC6=C5)c4n3)cn2)CC1. The van der Waals surface area contributed by atoms with Gasteiger partial charge >= 0.3 is 0 Å². The van der Waals surface area contributed by atoms with Crippen LogP contribution in [-0.2, 0) is 0 Å². The first-order valence-corrected chi connectivity index (χ1v) is 10.8. The summed E-state index contributed by atoms with van der Waals surface area (Å²) in [5.74, 6) is 0.486. The van der Waals surface area contributed by atoms with Crippen molar-refractivity contribution in [3.05, 3.63) is 60.7 Å². The fraction of sp³-hybridized carbons (Fsp3) is 0.318. The van der Waals surface area contributed by atoms with Gasteiger partial charge in [-0.15, -0.1) is 5.10 Å². The first kappa shape index (κ1) is 18.9. The van der Waals surface area contributed by atoms with Crippen molar-refractivity contribution in [1.29, 1.82) is 0 Å². The lowest BCUT2D eigenvalue weighted by atomic mass is 9.99. The summed E-state index contributed by atoms with van der Waals surface area (Å²) < 4.78 is 3.78. The number of nitrogens with one attached hydrogen (secondary N) is 2. The van der Waals surface area contributed by atoms with Crippen LogP contribution in [0, 0.1) is 0 Å². The maximum absolute atomic E-state index is 4.68. The van der Waals surface area contributed by atoms with Crippen LogP contribution in [0.5, 0.6) is 0 Å². The van der Waals surface area contributed by atoms with Gasteiger partial charge in [-0.1, -0.05) is 29.5 Å². The average Bonchev–Trinajstić information content (AvgIpc) is 3.46. The number of allylic oxidation sites excluding steroid dienone is 4. The zero-order chi connectivity index (χ0) is 21.5. The maximum atomic E-state index is 4.68. The normalized spacial score (nSPS) is 21.2. The van der Waals surface area contributed by atoms with E-state index in [0.717, 1.165) is 37.3 Å². The molecule has 0 spiro atoms. The smallest absolute Gasteiger partial charge is 0.229 e. The zero-order valence-electron chi connectivity index (χ0n) is 17.8. The molecule has 32 heavy (non-hydrogen) atoms. The lowest BCUT2D eigenvalue weighted by Gasteiger charge is -2.28. The van der Waals surface area contributed by atoms with E-state index in [9.17, 15) is 0 Å². The zero-order valence-corrected chi connectivity index (χ0v) is 17.8. The molecule has 0 saturated carbocycles. The number of hydrogen-bond acceptors (Lipinski definition) is 8. The van der Waals surface area contributed by atoms with Crippen molar-refractivity contribution in [3.8, 4) is 0 Å². The molecule has 5 heterocycles. The van der Waals surface area contributed by atoms with Gasteiger partial charge < -0.3 is 15.5 Å². The Hall–Kier alpha value is -3.79. The third-order valence-corrected chi connectivity index (χ3v) is 6.14. The molecule has 1 saturated heterocycles. The minimum absolute atomic E-state index is 0.187. The van der Waals surface area contributed by atoms with Crippen molar-refractivity contribution in [2.24, 2.45) is 0 Å². The fourth-order valence-electron chi connectivity index (χ4n) is 4.31. The topological polar surface area (TPSA) is 102 Å². The Morgan fingerprint density at radius 3 is 2.97 bits per heavy atom. The van der Waals surface area contributed by atoms with Crippen LogP contribution in [-0.4, -0.2) is 65.8 Å². The minimum Gasteiger partial charge on any atom is -0.379 e. The van der Waals surface area contributed by atoms with Gasteiger partial charge in [-0.05, 0) is 44.6 Å². The number of hydrogen-bond donors (Lipinski definition) is 2. The molecule has 10 nitrogen and oxygen atoms in total. The third-order valence-electron chi connectivity index (χ3n) is 6.14. The van der Waals surface area contributed by atoms with Gasteiger partial charge in [0.25, 0.3) is 0 Å². The summed E-state index contributed by atoms with van der Waals surface area (Å²) in [5.41, 5.74) is 4.19. The second-order valence-corrected chi connectivity index (χ2v) is 8.37.